The van der Waals surface area contributed by atoms with Crippen molar-refractivity contribution in [1.29, 1.82) is 0 Å². The van der Waals surface area contributed by atoms with Crippen molar-refractivity contribution in [3.05, 3.63) is 34.2 Å². The number of hydrogen-bond donors (Lipinski definition) is 1. The molecule has 0 bridgehead atoms. The third kappa shape index (κ3) is 2.54. The lowest BCUT2D eigenvalue weighted by Crippen LogP contribution is -2.23. The topological polar surface area (TPSA) is 59.3 Å². The first-order valence-electron chi connectivity index (χ1n) is 5.60. The van der Waals surface area contributed by atoms with E-state index >= 15 is 0 Å². The third-order valence-electron chi connectivity index (χ3n) is 3.27. The highest BCUT2D eigenvalue weighted by molar-refractivity contribution is 7.99. The van der Waals surface area contributed by atoms with Gasteiger partial charge >= 0.3 is 5.97 Å². The van der Waals surface area contributed by atoms with Crippen LogP contribution in [0.1, 0.15) is 35.7 Å². The molecule has 2 atom stereocenters. The van der Waals surface area contributed by atoms with Crippen molar-refractivity contribution < 1.29 is 9.90 Å². The van der Waals surface area contributed by atoms with Gasteiger partial charge in [-0.1, -0.05) is 0 Å². The number of thioether (sulfide) groups is 1. The molecule has 0 aliphatic heterocycles. The van der Waals surface area contributed by atoms with Gasteiger partial charge in [-0.3, -0.25) is 4.79 Å². The number of carbonyl (C=O) groups is 1. The normalized spacial score (nSPS) is 23.8. The summed E-state index contributed by atoms with van der Waals surface area (Å²) in [6.45, 7) is 0. The number of carboxylic acids is 1. The van der Waals surface area contributed by atoms with Crippen LogP contribution in [0.3, 0.4) is 0 Å². The first kappa shape index (κ1) is 12.2. The maximum atomic E-state index is 11.7. The van der Waals surface area contributed by atoms with Crippen LogP contribution < -0.4 is 5.56 Å². The van der Waals surface area contributed by atoms with Crippen molar-refractivity contribution in [2.24, 2.45) is 0 Å². The van der Waals surface area contributed by atoms with Crippen molar-refractivity contribution >= 4 is 17.7 Å². The second-order valence-electron chi connectivity index (χ2n) is 4.29. The van der Waals surface area contributed by atoms with E-state index in [1.165, 1.54) is 18.3 Å². The zero-order valence-corrected chi connectivity index (χ0v) is 10.4. The summed E-state index contributed by atoms with van der Waals surface area (Å²) in [5.74, 6) is -0.988. The SMILES string of the molecule is CSC1CCC(n2cc(C(=O)O)ccc2=O)C1. The summed E-state index contributed by atoms with van der Waals surface area (Å²) >= 11 is 1.82. The molecule has 1 aromatic heterocycles. The molecule has 5 heteroatoms. The molecule has 0 spiro atoms. The lowest BCUT2D eigenvalue weighted by Gasteiger charge is -2.14. The summed E-state index contributed by atoms with van der Waals surface area (Å²) in [5, 5.41) is 9.51. The maximum Gasteiger partial charge on any atom is 0.337 e. The second kappa shape index (κ2) is 4.96. The molecular formula is C12H15NO3S. The van der Waals surface area contributed by atoms with Crippen LogP contribution in [0.15, 0.2) is 23.1 Å². The van der Waals surface area contributed by atoms with Gasteiger partial charge < -0.3 is 9.67 Å². The summed E-state index contributed by atoms with van der Waals surface area (Å²) in [6, 6.07) is 2.86. The van der Waals surface area contributed by atoms with Crippen LogP contribution >= 0.6 is 11.8 Å². The first-order valence-corrected chi connectivity index (χ1v) is 6.89. The Kier molecular flexibility index (Phi) is 3.57. The predicted octanol–water partition coefficient (Wildman–Crippen LogP) is 2.00. The van der Waals surface area contributed by atoms with Gasteiger partial charge in [-0.15, -0.1) is 0 Å². The molecule has 0 radical (unpaired) electrons. The molecule has 1 aliphatic carbocycles. The Balaban J connectivity index is 2.29. The number of aromatic carboxylic acids is 1. The molecule has 0 amide bonds. The highest BCUT2D eigenvalue weighted by atomic mass is 32.2. The van der Waals surface area contributed by atoms with E-state index in [9.17, 15) is 9.59 Å². The van der Waals surface area contributed by atoms with Crippen LogP contribution in [0.25, 0.3) is 0 Å². The third-order valence-corrected chi connectivity index (χ3v) is 4.36. The molecule has 1 N–H and O–H groups in total. The van der Waals surface area contributed by atoms with Gasteiger partial charge in [0.25, 0.3) is 5.56 Å². The Morgan fingerprint density at radius 1 is 1.47 bits per heavy atom. The molecule has 1 heterocycles. The van der Waals surface area contributed by atoms with Crippen molar-refractivity contribution in [2.75, 3.05) is 6.26 Å². The number of pyridine rings is 1. The Bertz CT molecular complexity index is 483. The summed E-state index contributed by atoms with van der Waals surface area (Å²) in [6.07, 6.45) is 6.54. The minimum Gasteiger partial charge on any atom is -0.478 e. The fourth-order valence-electron chi connectivity index (χ4n) is 2.30. The van der Waals surface area contributed by atoms with Crippen molar-refractivity contribution in [3.63, 3.8) is 0 Å². The van der Waals surface area contributed by atoms with Crippen molar-refractivity contribution in [3.8, 4) is 0 Å². The number of hydrogen-bond acceptors (Lipinski definition) is 3. The Labute approximate surface area is 104 Å². The molecule has 1 aromatic rings. The average molecular weight is 253 g/mol. The Morgan fingerprint density at radius 3 is 2.82 bits per heavy atom. The van der Waals surface area contributed by atoms with Crippen LogP contribution in [0, 0.1) is 0 Å². The number of carboxylic acid groups (broad SMARTS) is 1. The zero-order valence-electron chi connectivity index (χ0n) is 9.63. The van der Waals surface area contributed by atoms with E-state index in [-0.39, 0.29) is 17.2 Å². The van der Waals surface area contributed by atoms with Crippen LogP contribution in [0.2, 0.25) is 0 Å². The molecule has 1 saturated carbocycles. The molecule has 0 saturated heterocycles. The van der Waals surface area contributed by atoms with Crippen LogP contribution in [0.5, 0.6) is 0 Å². The number of nitrogens with zero attached hydrogens (tertiary/aromatic N) is 1. The Morgan fingerprint density at radius 2 is 2.24 bits per heavy atom. The standard InChI is InChI=1S/C12H15NO3S/c1-17-10-4-3-9(6-10)13-7-8(12(15)16)2-5-11(13)14/h2,5,7,9-10H,3-4,6H2,1H3,(H,15,16). The van der Waals surface area contributed by atoms with E-state index < -0.39 is 5.97 Å². The largest absolute Gasteiger partial charge is 0.478 e. The minimum atomic E-state index is -0.988. The molecule has 17 heavy (non-hydrogen) atoms. The first-order chi connectivity index (χ1) is 8.11. The van der Waals surface area contributed by atoms with Gasteiger partial charge in [0, 0.05) is 23.6 Å². The Hall–Kier alpha value is -1.23. The van der Waals surface area contributed by atoms with Crippen molar-refractivity contribution in [2.45, 2.75) is 30.6 Å². The molecule has 92 valence electrons. The van der Waals surface area contributed by atoms with Gasteiger partial charge in [-0.05, 0) is 31.6 Å². The van der Waals surface area contributed by atoms with Crippen molar-refractivity contribution in [1.82, 2.24) is 4.57 Å². The van der Waals surface area contributed by atoms with Gasteiger partial charge in [0.15, 0.2) is 0 Å². The minimum absolute atomic E-state index is 0.109. The van der Waals surface area contributed by atoms with E-state index in [2.05, 4.69) is 6.26 Å². The summed E-state index contributed by atoms with van der Waals surface area (Å²) in [5.41, 5.74) is 0.0685. The maximum absolute atomic E-state index is 11.7. The van der Waals surface area contributed by atoms with Gasteiger partial charge in [0.2, 0.25) is 0 Å². The molecule has 1 aliphatic rings. The zero-order chi connectivity index (χ0) is 12.4. The van der Waals surface area contributed by atoms with Gasteiger partial charge in [-0.25, -0.2) is 4.79 Å². The highest BCUT2D eigenvalue weighted by Gasteiger charge is 2.26. The van der Waals surface area contributed by atoms with Crippen LogP contribution in [-0.4, -0.2) is 27.1 Å². The van der Waals surface area contributed by atoms with Crippen LogP contribution in [-0.2, 0) is 0 Å². The van der Waals surface area contributed by atoms with E-state index in [1.807, 2.05) is 11.8 Å². The van der Waals surface area contributed by atoms with E-state index in [4.69, 9.17) is 5.11 Å². The van der Waals surface area contributed by atoms with Gasteiger partial charge in [-0.2, -0.15) is 11.8 Å². The van der Waals surface area contributed by atoms with E-state index in [0.29, 0.717) is 5.25 Å². The van der Waals surface area contributed by atoms with Gasteiger partial charge in [0.1, 0.15) is 0 Å². The number of rotatable bonds is 3. The number of aromatic nitrogens is 1. The quantitative estimate of drug-likeness (QED) is 0.895. The monoisotopic (exact) mass is 253 g/mol. The lowest BCUT2D eigenvalue weighted by atomic mass is 10.2. The second-order valence-corrected chi connectivity index (χ2v) is 5.43. The van der Waals surface area contributed by atoms with E-state index in [0.717, 1.165) is 19.3 Å². The molecule has 4 nitrogen and oxygen atoms in total. The predicted molar refractivity (Wildman–Crippen MR) is 67.9 cm³/mol. The smallest absolute Gasteiger partial charge is 0.337 e. The average Bonchev–Trinajstić information content (AvgIpc) is 2.77. The van der Waals surface area contributed by atoms with Crippen LogP contribution in [0.4, 0.5) is 0 Å². The molecular weight excluding hydrogens is 238 g/mol. The molecule has 2 rings (SSSR count). The fraction of sp³-hybridized carbons (Fsp3) is 0.500. The summed E-state index contributed by atoms with van der Waals surface area (Å²) in [7, 11) is 0. The summed E-state index contributed by atoms with van der Waals surface area (Å²) in [4.78, 5) is 22.6. The van der Waals surface area contributed by atoms with E-state index in [1.54, 1.807) is 4.57 Å². The fourth-order valence-corrected chi connectivity index (χ4v) is 3.09. The lowest BCUT2D eigenvalue weighted by molar-refractivity contribution is 0.0695. The summed E-state index contributed by atoms with van der Waals surface area (Å²) < 4.78 is 1.58. The molecule has 0 aromatic carbocycles. The van der Waals surface area contributed by atoms with Gasteiger partial charge in [0.05, 0.1) is 5.56 Å². The highest BCUT2D eigenvalue weighted by Crippen LogP contribution is 2.35. The molecule has 1 fully saturated rings. The molecule has 2 unspecified atom stereocenters.